The Labute approximate surface area is 453 Å². The molecule has 0 aromatic heterocycles. The fraction of sp³-hybridized carbons (Fsp3) is 0.250. The lowest BCUT2D eigenvalue weighted by atomic mass is 9.33. The predicted molar refractivity (Wildman–Crippen MR) is 326 cm³/mol. The second-order valence-corrected chi connectivity index (χ2v) is 24.6. The SMILES string of the molecule is CCC1C2CC(C)CC(C2)N1c1ccc2c(c1)N(c1ccc(-c3ccccc3)cc1)c1cc(-c3ccccc3)cc3c1B2c1cc(-c2ccc(C(C)(C)C)cc2)ccc1N3c1ccc(-c2ccc(C(C)(C)C)cc2)cc1. The molecule has 0 radical (unpaired) electrons. The summed E-state index contributed by atoms with van der Waals surface area (Å²) in [6.45, 7) is 18.6. The van der Waals surface area contributed by atoms with Crippen LogP contribution < -0.4 is 31.1 Å². The Bertz CT molecular complexity index is 3590. The first-order chi connectivity index (χ1) is 36.8. The van der Waals surface area contributed by atoms with Crippen molar-refractivity contribution in [3.8, 4) is 44.5 Å². The molecule has 2 bridgehead atoms. The molecular weight excluding hydrogens is 918 g/mol. The third-order valence-corrected chi connectivity index (χ3v) is 17.7. The summed E-state index contributed by atoms with van der Waals surface area (Å²) in [6, 6.07) is 80.0. The molecule has 3 heterocycles. The van der Waals surface area contributed by atoms with Gasteiger partial charge in [0.05, 0.1) is 0 Å². The van der Waals surface area contributed by atoms with Gasteiger partial charge >= 0.3 is 0 Å². The lowest BCUT2D eigenvalue weighted by molar-refractivity contribution is 0.302. The zero-order valence-electron chi connectivity index (χ0n) is 45.7. The van der Waals surface area contributed by atoms with Gasteiger partial charge in [-0.15, -0.1) is 0 Å². The summed E-state index contributed by atoms with van der Waals surface area (Å²) in [5.41, 5.74) is 25.2. The zero-order chi connectivity index (χ0) is 52.0. The van der Waals surface area contributed by atoms with Crippen LogP contribution in [0, 0.1) is 11.8 Å². The van der Waals surface area contributed by atoms with Crippen molar-refractivity contribution in [2.75, 3.05) is 14.7 Å². The number of rotatable bonds is 8. The number of benzene rings is 9. The van der Waals surface area contributed by atoms with Crippen LogP contribution >= 0.6 is 0 Å². The van der Waals surface area contributed by atoms with Gasteiger partial charge in [0, 0.05) is 51.9 Å². The maximum absolute atomic E-state index is 2.87. The highest BCUT2D eigenvalue weighted by atomic mass is 15.2. The molecule has 4 aliphatic rings. The van der Waals surface area contributed by atoms with E-state index in [1.165, 1.54) is 120 Å². The van der Waals surface area contributed by atoms with Gasteiger partial charge in [0.1, 0.15) is 0 Å². The minimum absolute atomic E-state index is 0.0285. The third kappa shape index (κ3) is 8.37. The molecule has 0 N–H and O–H groups in total. The average molecular weight is 988 g/mol. The van der Waals surface area contributed by atoms with Gasteiger partial charge in [-0.05, 0) is 175 Å². The molecule has 2 fully saturated rings. The molecule has 0 spiro atoms. The highest BCUT2D eigenvalue weighted by Crippen LogP contribution is 2.50. The molecule has 9 aromatic carbocycles. The Hall–Kier alpha value is -7.56. The molecule has 1 saturated carbocycles. The first-order valence-electron chi connectivity index (χ1n) is 28.2. The van der Waals surface area contributed by atoms with Crippen LogP contribution in [0.15, 0.2) is 206 Å². The molecular formula is C72H70BN3. The van der Waals surface area contributed by atoms with Crippen molar-refractivity contribution < 1.29 is 0 Å². The summed E-state index contributed by atoms with van der Waals surface area (Å²) >= 11 is 0. The summed E-state index contributed by atoms with van der Waals surface area (Å²) in [7, 11) is 0. The second-order valence-electron chi connectivity index (χ2n) is 24.6. The Balaban J connectivity index is 1.06. The van der Waals surface area contributed by atoms with E-state index in [1.807, 2.05) is 0 Å². The van der Waals surface area contributed by atoms with Crippen LogP contribution in [0.25, 0.3) is 44.5 Å². The molecule has 13 rings (SSSR count). The molecule has 4 unspecified atom stereocenters. The van der Waals surface area contributed by atoms with Gasteiger partial charge in [-0.2, -0.15) is 0 Å². The number of nitrogens with zero attached hydrogens (tertiary/aromatic N) is 3. The quantitative estimate of drug-likeness (QED) is 0.141. The van der Waals surface area contributed by atoms with Crippen LogP contribution in [0.1, 0.15) is 92.2 Å². The average Bonchev–Trinajstić information content (AvgIpc) is 3.88. The van der Waals surface area contributed by atoms with E-state index in [9.17, 15) is 0 Å². The highest BCUT2D eigenvalue weighted by molar-refractivity contribution is 7.00. The summed E-state index contributed by atoms with van der Waals surface area (Å²) < 4.78 is 0. The molecule has 1 saturated heterocycles. The predicted octanol–water partition coefficient (Wildman–Crippen LogP) is 17.4. The molecule has 0 amide bonds. The standard InChI is InChI=1S/C72H70BN3/c1-9-65-56-40-47(2)41-62(42-56)74(65)61-37-38-63-67(46-61)76(60-35-24-51(25-36-60)48-16-12-10-13-17-48)69-45-55(49-18-14-11-15-19-49)44-68-70(69)73(63)64-43-54(53-22-31-58(32-23-53)72(6,7)8)28-39-66(64)75(68)59-33-26-52(27-34-59)50-20-29-57(30-21-50)71(3,4)5/h10-39,43-47,56,62,65H,9,40-42H2,1-8H3. The Morgan fingerprint density at radius 3 is 1.39 bits per heavy atom. The van der Waals surface area contributed by atoms with Crippen LogP contribution in [0.2, 0.25) is 0 Å². The van der Waals surface area contributed by atoms with E-state index in [0.29, 0.717) is 12.1 Å². The van der Waals surface area contributed by atoms with Gasteiger partial charge in [0.2, 0.25) is 0 Å². The van der Waals surface area contributed by atoms with Crippen molar-refractivity contribution in [3.05, 3.63) is 217 Å². The van der Waals surface area contributed by atoms with Crippen molar-refractivity contribution in [3.63, 3.8) is 0 Å². The van der Waals surface area contributed by atoms with Crippen molar-refractivity contribution >= 4 is 62.9 Å². The molecule has 3 aliphatic heterocycles. The fourth-order valence-electron chi connectivity index (χ4n) is 13.8. The van der Waals surface area contributed by atoms with Crippen LogP contribution in [0.5, 0.6) is 0 Å². The van der Waals surface area contributed by atoms with E-state index in [0.717, 1.165) is 29.6 Å². The molecule has 9 aromatic rings. The summed E-state index contributed by atoms with van der Waals surface area (Å²) in [5.74, 6) is 1.49. The Kier molecular flexibility index (Phi) is 11.8. The molecule has 376 valence electrons. The molecule has 4 atom stereocenters. The van der Waals surface area contributed by atoms with E-state index in [1.54, 1.807) is 0 Å². The topological polar surface area (TPSA) is 9.72 Å². The highest BCUT2D eigenvalue weighted by Gasteiger charge is 2.47. The molecule has 3 nitrogen and oxygen atoms in total. The van der Waals surface area contributed by atoms with E-state index in [2.05, 4.69) is 276 Å². The first kappa shape index (κ1) is 48.1. The molecule has 1 aliphatic carbocycles. The van der Waals surface area contributed by atoms with Crippen molar-refractivity contribution in [2.24, 2.45) is 11.8 Å². The largest absolute Gasteiger partial charge is 0.365 e. The van der Waals surface area contributed by atoms with E-state index in [-0.39, 0.29) is 17.5 Å². The van der Waals surface area contributed by atoms with Crippen molar-refractivity contribution in [2.45, 2.75) is 104 Å². The monoisotopic (exact) mass is 988 g/mol. The van der Waals surface area contributed by atoms with Crippen LogP contribution in [-0.2, 0) is 10.8 Å². The lowest BCUT2D eigenvalue weighted by Crippen LogP contribution is -2.61. The first-order valence-corrected chi connectivity index (χ1v) is 28.2. The van der Waals surface area contributed by atoms with Crippen LogP contribution in [0.3, 0.4) is 0 Å². The van der Waals surface area contributed by atoms with Gasteiger partial charge in [0.25, 0.3) is 6.71 Å². The number of anilines is 7. The summed E-state index contributed by atoms with van der Waals surface area (Å²) in [5, 5.41) is 0. The van der Waals surface area contributed by atoms with Crippen LogP contribution in [-0.4, -0.2) is 18.8 Å². The number of hydrogen-bond donors (Lipinski definition) is 0. The summed E-state index contributed by atoms with van der Waals surface area (Å²) in [6.07, 6.45) is 5.06. The smallest absolute Gasteiger partial charge is 0.252 e. The van der Waals surface area contributed by atoms with E-state index < -0.39 is 0 Å². The van der Waals surface area contributed by atoms with Crippen molar-refractivity contribution in [1.29, 1.82) is 0 Å². The maximum atomic E-state index is 2.87. The van der Waals surface area contributed by atoms with E-state index >= 15 is 0 Å². The fourth-order valence-corrected chi connectivity index (χ4v) is 13.8. The van der Waals surface area contributed by atoms with Gasteiger partial charge in [-0.3, -0.25) is 0 Å². The normalized spacial score (nSPS) is 18.6. The van der Waals surface area contributed by atoms with E-state index in [4.69, 9.17) is 0 Å². The Morgan fingerprint density at radius 2 is 0.868 bits per heavy atom. The zero-order valence-corrected chi connectivity index (χ0v) is 45.7. The van der Waals surface area contributed by atoms with Gasteiger partial charge < -0.3 is 14.7 Å². The lowest BCUT2D eigenvalue weighted by Gasteiger charge is -2.45. The molecule has 4 heteroatoms. The molecule has 76 heavy (non-hydrogen) atoms. The van der Waals surface area contributed by atoms with Gasteiger partial charge in [-0.1, -0.05) is 207 Å². The number of hydrogen-bond acceptors (Lipinski definition) is 3. The Morgan fingerprint density at radius 1 is 0.408 bits per heavy atom. The number of fused-ring (bicyclic) bond motifs is 6. The van der Waals surface area contributed by atoms with Gasteiger partial charge in [-0.25, -0.2) is 0 Å². The third-order valence-electron chi connectivity index (χ3n) is 17.7. The second kappa shape index (κ2) is 18.6. The maximum Gasteiger partial charge on any atom is 0.252 e. The van der Waals surface area contributed by atoms with Crippen LogP contribution in [0.4, 0.5) is 39.8 Å². The van der Waals surface area contributed by atoms with Crippen molar-refractivity contribution in [1.82, 2.24) is 0 Å². The van der Waals surface area contributed by atoms with Gasteiger partial charge in [0.15, 0.2) is 0 Å². The summed E-state index contributed by atoms with van der Waals surface area (Å²) in [4.78, 5) is 8.07. The minimum Gasteiger partial charge on any atom is -0.365 e. The minimum atomic E-state index is -0.0285.